The summed E-state index contributed by atoms with van der Waals surface area (Å²) in [6.45, 7) is 0. The smallest absolute Gasteiger partial charge is 0.272 e. The van der Waals surface area contributed by atoms with E-state index in [-0.39, 0.29) is 27.0 Å². The normalized spacial score (nSPS) is 11.6. The first kappa shape index (κ1) is 23.0. The molecule has 0 aliphatic heterocycles. The van der Waals surface area contributed by atoms with Gasteiger partial charge in [0.25, 0.3) is 5.91 Å². The second kappa shape index (κ2) is 8.62. The third-order valence-corrected chi connectivity index (χ3v) is 6.95. The van der Waals surface area contributed by atoms with E-state index in [4.69, 9.17) is 5.26 Å². The molecule has 4 rings (SSSR count). The number of pyridine rings is 1. The number of carbonyl (C=O) groups excluding carboxylic acids is 1. The van der Waals surface area contributed by atoms with E-state index in [2.05, 4.69) is 20.0 Å². The van der Waals surface area contributed by atoms with Crippen LogP contribution in [0.15, 0.2) is 76.7 Å². The fourth-order valence-corrected chi connectivity index (χ4v) is 5.03. The maximum atomic E-state index is 12.9. The average molecular weight is 496 g/mol. The third kappa shape index (κ3) is 4.90. The second-order valence-corrected chi connectivity index (χ2v) is 11.0. The molecule has 10 nitrogen and oxygen atoms in total. The summed E-state index contributed by atoms with van der Waals surface area (Å²) in [4.78, 5) is 19.4. The molecule has 0 spiro atoms. The molecule has 3 N–H and O–H groups in total. The van der Waals surface area contributed by atoms with E-state index < -0.39 is 25.8 Å². The highest BCUT2D eigenvalue weighted by Crippen LogP contribution is 2.24. The molecule has 0 saturated carbocycles. The van der Waals surface area contributed by atoms with Gasteiger partial charge in [-0.05, 0) is 48.5 Å². The number of anilines is 2. The lowest BCUT2D eigenvalue weighted by Gasteiger charge is -2.08. The molecular formula is C22H17N5O5S2. The molecule has 2 aromatic carbocycles. The minimum Gasteiger partial charge on any atom is -0.350 e. The summed E-state index contributed by atoms with van der Waals surface area (Å²) in [5.74, 6) is -0.520. The van der Waals surface area contributed by atoms with E-state index in [1.807, 2.05) is 0 Å². The largest absolute Gasteiger partial charge is 0.350 e. The number of nitrogens with zero attached hydrogens (tertiary/aromatic N) is 2. The molecule has 1 amide bonds. The van der Waals surface area contributed by atoms with Gasteiger partial charge >= 0.3 is 0 Å². The van der Waals surface area contributed by atoms with Gasteiger partial charge in [-0.1, -0.05) is 18.2 Å². The molecule has 12 heteroatoms. The molecule has 0 radical (unpaired) electrons. The Kier molecular flexibility index (Phi) is 5.82. The predicted octanol–water partition coefficient (Wildman–Crippen LogP) is 2.89. The molecule has 0 atom stereocenters. The zero-order chi connectivity index (χ0) is 24.5. The van der Waals surface area contributed by atoms with E-state index in [0.717, 1.165) is 6.26 Å². The lowest BCUT2D eigenvalue weighted by atomic mass is 10.2. The standard InChI is InChI=1S/C22H17N5O5S2/c1-33(29,30)27-16-9-8-14-10-20(26-19(14)12-16)22(28)25-15-4-2-6-18(11-15)34(31,32)21-7-3-5-17(13-23)24-21/h2-12,26-27H,1H3,(H,25,28). The molecule has 172 valence electrons. The summed E-state index contributed by atoms with van der Waals surface area (Å²) in [5.41, 5.74) is 1.29. The molecule has 0 unspecified atom stereocenters. The van der Waals surface area contributed by atoms with Gasteiger partial charge < -0.3 is 10.3 Å². The van der Waals surface area contributed by atoms with Gasteiger partial charge in [0.05, 0.1) is 16.8 Å². The van der Waals surface area contributed by atoms with Crippen LogP contribution in [0.4, 0.5) is 11.4 Å². The van der Waals surface area contributed by atoms with Crippen LogP contribution in [0.5, 0.6) is 0 Å². The van der Waals surface area contributed by atoms with E-state index in [0.29, 0.717) is 16.6 Å². The number of rotatable bonds is 6. The Morgan fingerprint density at radius 3 is 2.47 bits per heavy atom. The molecule has 0 bridgehead atoms. The lowest BCUT2D eigenvalue weighted by Crippen LogP contribution is -2.13. The van der Waals surface area contributed by atoms with Crippen molar-refractivity contribution in [3.8, 4) is 6.07 Å². The second-order valence-electron chi connectivity index (χ2n) is 7.32. The highest BCUT2D eigenvalue weighted by molar-refractivity contribution is 7.92. The Balaban J connectivity index is 1.59. The van der Waals surface area contributed by atoms with Gasteiger partial charge in [0.2, 0.25) is 19.9 Å². The average Bonchev–Trinajstić information content (AvgIpc) is 3.22. The quantitative estimate of drug-likeness (QED) is 0.370. The van der Waals surface area contributed by atoms with Gasteiger partial charge in [-0.25, -0.2) is 21.8 Å². The number of aromatic nitrogens is 2. The number of sulfone groups is 1. The first-order chi connectivity index (χ1) is 16.0. The molecular weight excluding hydrogens is 478 g/mol. The molecule has 2 aromatic heterocycles. The van der Waals surface area contributed by atoms with Crippen molar-refractivity contribution in [2.75, 3.05) is 16.3 Å². The summed E-state index contributed by atoms with van der Waals surface area (Å²) in [7, 11) is -7.46. The van der Waals surface area contributed by atoms with Crippen LogP contribution in [0.3, 0.4) is 0 Å². The zero-order valence-corrected chi connectivity index (χ0v) is 19.2. The van der Waals surface area contributed by atoms with Crippen LogP contribution >= 0.6 is 0 Å². The Labute approximate surface area is 195 Å². The van der Waals surface area contributed by atoms with Gasteiger partial charge in [0.15, 0.2) is 5.03 Å². The van der Waals surface area contributed by atoms with Crippen molar-refractivity contribution in [2.45, 2.75) is 9.92 Å². The van der Waals surface area contributed by atoms with Crippen molar-refractivity contribution < 1.29 is 21.6 Å². The van der Waals surface area contributed by atoms with E-state index in [1.54, 1.807) is 30.3 Å². The van der Waals surface area contributed by atoms with Gasteiger partial charge in [0, 0.05) is 16.6 Å². The highest BCUT2D eigenvalue weighted by Gasteiger charge is 2.21. The fraction of sp³-hybridized carbons (Fsp3) is 0.0455. The van der Waals surface area contributed by atoms with Crippen molar-refractivity contribution in [3.05, 3.63) is 78.1 Å². The molecule has 34 heavy (non-hydrogen) atoms. The third-order valence-electron chi connectivity index (χ3n) is 4.69. The number of aromatic amines is 1. The first-order valence-corrected chi connectivity index (χ1v) is 13.1. The lowest BCUT2D eigenvalue weighted by molar-refractivity contribution is 0.102. The summed E-state index contributed by atoms with van der Waals surface area (Å²) >= 11 is 0. The van der Waals surface area contributed by atoms with Crippen molar-refractivity contribution in [1.82, 2.24) is 9.97 Å². The minimum absolute atomic E-state index is 0.0285. The van der Waals surface area contributed by atoms with E-state index >= 15 is 0 Å². The monoisotopic (exact) mass is 495 g/mol. The number of nitrogens with one attached hydrogen (secondary N) is 3. The number of H-pyrrole nitrogens is 1. The van der Waals surface area contributed by atoms with Gasteiger partial charge in [-0.2, -0.15) is 5.26 Å². The number of amides is 1. The fourth-order valence-electron chi connectivity index (χ4n) is 3.21. The molecule has 2 heterocycles. The van der Waals surface area contributed by atoms with Crippen LogP contribution < -0.4 is 10.0 Å². The minimum atomic E-state index is -4.01. The van der Waals surface area contributed by atoms with Gasteiger partial charge in [-0.3, -0.25) is 9.52 Å². The summed E-state index contributed by atoms with van der Waals surface area (Å²) in [6.07, 6.45) is 1.04. The van der Waals surface area contributed by atoms with Crippen molar-refractivity contribution in [1.29, 1.82) is 5.26 Å². The topological polar surface area (TPSA) is 162 Å². The van der Waals surface area contributed by atoms with Crippen LogP contribution in [-0.2, 0) is 19.9 Å². The summed E-state index contributed by atoms with van der Waals surface area (Å²) in [6, 6.07) is 18.0. The summed E-state index contributed by atoms with van der Waals surface area (Å²) < 4.78 is 51.1. The Bertz CT molecular complexity index is 1690. The number of nitriles is 1. The van der Waals surface area contributed by atoms with Gasteiger partial charge in [0.1, 0.15) is 17.5 Å². The molecule has 4 aromatic rings. The van der Waals surface area contributed by atoms with Crippen LogP contribution in [-0.4, -0.2) is 39.0 Å². The molecule has 0 fully saturated rings. The van der Waals surface area contributed by atoms with Crippen LogP contribution in [0, 0.1) is 11.3 Å². The number of carbonyl (C=O) groups is 1. The van der Waals surface area contributed by atoms with Crippen LogP contribution in [0.1, 0.15) is 16.2 Å². The van der Waals surface area contributed by atoms with Crippen molar-refractivity contribution in [2.24, 2.45) is 0 Å². The predicted molar refractivity (Wildman–Crippen MR) is 126 cm³/mol. The van der Waals surface area contributed by atoms with Crippen LogP contribution in [0.2, 0.25) is 0 Å². The summed E-state index contributed by atoms with van der Waals surface area (Å²) in [5, 5.41) is 12.0. The molecule has 0 aliphatic rings. The molecule has 0 saturated heterocycles. The SMILES string of the molecule is CS(=O)(=O)Nc1ccc2cc(C(=O)Nc3cccc(S(=O)(=O)c4cccc(C#N)n4)c3)[nH]c2c1. The first-order valence-electron chi connectivity index (χ1n) is 9.69. The number of hydrogen-bond donors (Lipinski definition) is 3. The zero-order valence-electron chi connectivity index (χ0n) is 17.6. The van der Waals surface area contributed by atoms with Crippen LogP contribution in [0.25, 0.3) is 10.9 Å². The van der Waals surface area contributed by atoms with Crippen molar-refractivity contribution in [3.63, 3.8) is 0 Å². The number of sulfonamides is 1. The molecule has 0 aliphatic carbocycles. The Morgan fingerprint density at radius 2 is 1.74 bits per heavy atom. The van der Waals surface area contributed by atoms with E-state index in [9.17, 15) is 21.6 Å². The van der Waals surface area contributed by atoms with Gasteiger partial charge in [-0.15, -0.1) is 0 Å². The number of fused-ring (bicyclic) bond motifs is 1. The Hall–Kier alpha value is -4.21. The maximum Gasteiger partial charge on any atom is 0.272 e. The number of hydrogen-bond acceptors (Lipinski definition) is 7. The van der Waals surface area contributed by atoms with E-state index in [1.165, 1.54) is 42.5 Å². The Morgan fingerprint density at radius 1 is 0.971 bits per heavy atom. The maximum absolute atomic E-state index is 12.9. The number of benzene rings is 2. The van der Waals surface area contributed by atoms with Crippen molar-refractivity contribution >= 4 is 48.0 Å². The highest BCUT2D eigenvalue weighted by atomic mass is 32.2.